The molecule has 1 N–H and O–H groups in total. The van der Waals surface area contributed by atoms with Crippen LogP contribution in [0.25, 0.3) is 10.4 Å². The number of ether oxygens (including phenoxy) is 1. The maximum absolute atomic E-state index is 12.1. The summed E-state index contributed by atoms with van der Waals surface area (Å²) in [6.45, 7) is -1.02. The number of alkyl halides is 3. The Bertz CT molecular complexity index is 694. The zero-order valence-electron chi connectivity index (χ0n) is 10.7. The van der Waals surface area contributed by atoms with Crippen molar-refractivity contribution >= 4 is 17.2 Å². The normalized spacial score (nSPS) is 13.1. The average molecular weight is 313 g/mol. The highest BCUT2D eigenvalue weighted by atomic mass is 32.1. The standard InChI is InChI=1S/C14H10F3NO2S/c15-14(16,17)7-18-13(19)11-5-8-6-20-10-4-2-1-3-9(10)12(8)21-11/h1-5H,6-7H2,(H,18,19). The van der Waals surface area contributed by atoms with Crippen LogP contribution in [0.4, 0.5) is 13.2 Å². The number of amides is 1. The van der Waals surface area contributed by atoms with Crippen LogP contribution in [0.1, 0.15) is 15.2 Å². The molecule has 1 aromatic carbocycles. The molecule has 0 saturated heterocycles. The van der Waals surface area contributed by atoms with Crippen molar-refractivity contribution in [1.29, 1.82) is 0 Å². The molecule has 1 aliphatic heterocycles. The van der Waals surface area contributed by atoms with Crippen LogP contribution >= 0.6 is 11.3 Å². The fourth-order valence-electron chi connectivity index (χ4n) is 2.08. The molecule has 0 atom stereocenters. The number of para-hydroxylation sites is 1. The molecule has 1 amide bonds. The summed E-state index contributed by atoms with van der Waals surface area (Å²) in [6, 6.07) is 8.96. The van der Waals surface area contributed by atoms with Crippen molar-refractivity contribution < 1.29 is 22.7 Å². The first-order valence-corrected chi connectivity index (χ1v) is 6.95. The Morgan fingerprint density at radius 3 is 2.86 bits per heavy atom. The van der Waals surface area contributed by atoms with Crippen molar-refractivity contribution in [3.8, 4) is 16.2 Å². The number of carbonyl (C=O) groups is 1. The number of thiophene rings is 1. The first kappa shape index (κ1) is 13.9. The maximum Gasteiger partial charge on any atom is 0.405 e. The monoisotopic (exact) mass is 313 g/mol. The molecule has 0 radical (unpaired) electrons. The van der Waals surface area contributed by atoms with Crippen LogP contribution in [0.2, 0.25) is 0 Å². The third kappa shape index (κ3) is 2.87. The van der Waals surface area contributed by atoms with Gasteiger partial charge in [-0.05, 0) is 18.2 Å². The molecule has 110 valence electrons. The summed E-state index contributed by atoms with van der Waals surface area (Å²) in [6.07, 6.45) is -4.41. The summed E-state index contributed by atoms with van der Waals surface area (Å²) in [4.78, 5) is 12.9. The van der Waals surface area contributed by atoms with Crippen molar-refractivity contribution in [2.45, 2.75) is 12.8 Å². The second-order valence-corrected chi connectivity index (χ2v) is 5.60. The number of nitrogens with one attached hydrogen (secondary N) is 1. The second kappa shape index (κ2) is 5.07. The number of carbonyl (C=O) groups excluding carboxylic acids is 1. The van der Waals surface area contributed by atoms with E-state index in [4.69, 9.17) is 4.74 Å². The molecule has 0 bridgehead atoms. The Labute approximate surface area is 122 Å². The van der Waals surface area contributed by atoms with Crippen LogP contribution in [0.3, 0.4) is 0 Å². The van der Waals surface area contributed by atoms with Crippen LogP contribution < -0.4 is 10.1 Å². The molecule has 21 heavy (non-hydrogen) atoms. The molecule has 0 unspecified atom stereocenters. The van der Waals surface area contributed by atoms with Crippen molar-refractivity contribution in [3.05, 3.63) is 40.8 Å². The van der Waals surface area contributed by atoms with Gasteiger partial charge >= 0.3 is 6.18 Å². The van der Waals surface area contributed by atoms with Gasteiger partial charge in [-0.25, -0.2) is 0 Å². The lowest BCUT2D eigenvalue weighted by molar-refractivity contribution is -0.123. The molecule has 2 heterocycles. The molecule has 0 saturated carbocycles. The minimum absolute atomic E-state index is 0.254. The van der Waals surface area contributed by atoms with Gasteiger partial charge in [0.15, 0.2) is 0 Å². The van der Waals surface area contributed by atoms with E-state index in [2.05, 4.69) is 0 Å². The van der Waals surface area contributed by atoms with E-state index in [9.17, 15) is 18.0 Å². The summed E-state index contributed by atoms with van der Waals surface area (Å²) in [7, 11) is 0. The number of hydrogen-bond donors (Lipinski definition) is 1. The van der Waals surface area contributed by atoms with Crippen molar-refractivity contribution in [2.75, 3.05) is 6.54 Å². The quantitative estimate of drug-likeness (QED) is 0.920. The summed E-state index contributed by atoms with van der Waals surface area (Å²) < 4.78 is 41.9. The molecular weight excluding hydrogens is 303 g/mol. The second-order valence-electron chi connectivity index (χ2n) is 4.55. The van der Waals surface area contributed by atoms with Crippen molar-refractivity contribution in [1.82, 2.24) is 5.32 Å². The highest BCUT2D eigenvalue weighted by Gasteiger charge is 2.29. The molecule has 3 nitrogen and oxygen atoms in total. The van der Waals surface area contributed by atoms with Gasteiger partial charge in [-0.15, -0.1) is 11.3 Å². The highest BCUT2D eigenvalue weighted by Crippen LogP contribution is 2.42. The topological polar surface area (TPSA) is 38.3 Å². The summed E-state index contributed by atoms with van der Waals surface area (Å²) in [5.74, 6) is -0.00157. The van der Waals surface area contributed by atoms with Gasteiger partial charge in [-0.1, -0.05) is 12.1 Å². The van der Waals surface area contributed by atoms with Crippen LogP contribution in [-0.2, 0) is 6.61 Å². The zero-order chi connectivity index (χ0) is 15.0. The van der Waals surface area contributed by atoms with E-state index in [1.807, 2.05) is 29.6 Å². The van der Waals surface area contributed by atoms with E-state index in [0.717, 1.165) is 16.0 Å². The Hall–Kier alpha value is -2.02. The average Bonchev–Trinajstić information content (AvgIpc) is 2.88. The number of hydrogen-bond acceptors (Lipinski definition) is 3. The Balaban J connectivity index is 1.85. The third-order valence-corrected chi connectivity index (χ3v) is 4.21. The van der Waals surface area contributed by atoms with E-state index in [0.29, 0.717) is 12.4 Å². The Morgan fingerprint density at radius 2 is 2.10 bits per heavy atom. The minimum Gasteiger partial charge on any atom is -0.488 e. The molecule has 7 heteroatoms. The predicted molar refractivity (Wildman–Crippen MR) is 72.5 cm³/mol. The first-order valence-electron chi connectivity index (χ1n) is 6.14. The summed E-state index contributed by atoms with van der Waals surface area (Å²) in [5, 5.41) is 1.88. The molecular formula is C14H10F3NO2S. The predicted octanol–water partition coefficient (Wildman–Crippen LogP) is 3.60. The lowest BCUT2D eigenvalue weighted by Crippen LogP contribution is -2.33. The van der Waals surface area contributed by atoms with Crippen LogP contribution in [0.5, 0.6) is 5.75 Å². The maximum atomic E-state index is 12.1. The van der Waals surface area contributed by atoms with Gasteiger partial charge in [-0.2, -0.15) is 13.2 Å². The van der Waals surface area contributed by atoms with Gasteiger partial charge in [0.05, 0.1) is 4.88 Å². The molecule has 3 rings (SSSR count). The fourth-order valence-corrected chi connectivity index (χ4v) is 3.19. The van der Waals surface area contributed by atoms with Gasteiger partial charge in [0.25, 0.3) is 5.91 Å². The van der Waals surface area contributed by atoms with E-state index in [1.165, 1.54) is 11.3 Å². The van der Waals surface area contributed by atoms with Crippen LogP contribution in [0.15, 0.2) is 30.3 Å². The number of fused-ring (bicyclic) bond motifs is 3. The first-order chi connectivity index (χ1) is 9.94. The van der Waals surface area contributed by atoms with Crippen molar-refractivity contribution in [2.24, 2.45) is 0 Å². The largest absolute Gasteiger partial charge is 0.488 e. The summed E-state index contributed by atoms with van der Waals surface area (Å²) in [5.41, 5.74) is 1.68. The lowest BCUT2D eigenvalue weighted by Gasteiger charge is -2.16. The Morgan fingerprint density at radius 1 is 1.33 bits per heavy atom. The van der Waals surface area contributed by atoms with Gasteiger partial charge in [0.2, 0.25) is 0 Å². The van der Waals surface area contributed by atoms with Crippen LogP contribution in [0, 0.1) is 0 Å². The number of benzene rings is 1. The van der Waals surface area contributed by atoms with E-state index < -0.39 is 18.6 Å². The SMILES string of the molecule is O=C(NCC(F)(F)F)c1cc2c(s1)-c1ccccc1OC2. The fraction of sp³-hybridized carbons (Fsp3) is 0.214. The lowest BCUT2D eigenvalue weighted by atomic mass is 10.1. The van der Waals surface area contributed by atoms with E-state index >= 15 is 0 Å². The molecule has 2 aromatic rings. The van der Waals surface area contributed by atoms with E-state index in [1.54, 1.807) is 6.07 Å². The minimum atomic E-state index is -4.41. The zero-order valence-corrected chi connectivity index (χ0v) is 11.5. The Kier molecular flexibility index (Phi) is 3.36. The highest BCUT2D eigenvalue weighted by molar-refractivity contribution is 7.17. The van der Waals surface area contributed by atoms with E-state index in [-0.39, 0.29) is 4.88 Å². The molecule has 0 aliphatic carbocycles. The number of rotatable bonds is 2. The molecule has 1 aromatic heterocycles. The van der Waals surface area contributed by atoms with Gasteiger partial charge in [-0.3, -0.25) is 4.79 Å². The van der Waals surface area contributed by atoms with Gasteiger partial charge in [0.1, 0.15) is 18.9 Å². The smallest absolute Gasteiger partial charge is 0.405 e. The third-order valence-electron chi connectivity index (χ3n) is 3.00. The molecule has 0 fully saturated rings. The van der Waals surface area contributed by atoms with Crippen LogP contribution in [-0.4, -0.2) is 18.6 Å². The van der Waals surface area contributed by atoms with Gasteiger partial charge in [0, 0.05) is 16.0 Å². The van der Waals surface area contributed by atoms with Crippen molar-refractivity contribution in [3.63, 3.8) is 0 Å². The molecule has 0 spiro atoms. The van der Waals surface area contributed by atoms with Gasteiger partial charge < -0.3 is 10.1 Å². The summed E-state index contributed by atoms with van der Waals surface area (Å²) >= 11 is 1.18. The molecule has 1 aliphatic rings. The number of halogens is 3.